The van der Waals surface area contributed by atoms with Gasteiger partial charge in [-0.3, -0.25) is 0 Å². The molecule has 0 aliphatic heterocycles. The second kappa shape index (κ2) is 5.15. The summed E-state index contributed by atoms with van der Waals surface area (Å²) < 4.78 is 13.0. The first kappa shape index (κ1) is 11.9. The molecule has 0 heterocycles. The SMILES string of the molecule is N#Cc1cc(F)ccc1NC1CCCC1CO. The molecule has 3 nitrogen and oxygen atoms in total. The average molecular weight is 234 g/mol. The van der Waals surface area contributed by atoms with Crippen LogP contribution in [-0.4, -0.2) is 17.8 Å². The van der Waals surface area contributed by atoms with Gasteiger partial charge in [-0.2, -0.15) is 5.26 Å². The van der Waals surface area contributed by atoms with Crippen molar-refractivity contribution in [1.82, 2.24) is 0 Å². The predicted octanol–water partition coefficient (Wildman–Crippen LogP) is 2.27. The second-order valence-electron chi connectivity index (χ2n) is 4.43. The van der Waals surface area contributed by atoms with Crippen LogP contribution in [0.3, 0.4) is 0 Å². The van der Waals surface area contributed by atoms with Crippen molar-refractivity contribution in [3.8, 4) is 6.07 Å². The fourth-order valence-corrected chi connectivity index (χ4v) is 2.38. The second-order valence-corrected chi connectivity index (χ2v) is 4.43. The molecule has 1 aromatic rings. The van der Waals surface area contributed by atoms with E-state index in [4.69, 9.17) is 5.26 Å². The van der Waals surface area contributed by atoms with E-state index in [1.54, 1.807) is 6.07 Å². The lowest BCUT2D eigenvalue weighted by atomic mass is 10.0. The number of nitrogens with zero attached hydrogens (tertiary/aromatic N) is 1. The molecule has 17 heavy (non-hydrogen) atoms. The van der Waals surface area contributed by atoms with Gasteiger partial charge in [-0.25, -0.2) is 4.39 Å². The van der Waals surface area contributed by atoms with Gasteiger partial charge in [0.1, 0.15) is 11.9 Å². The molecule has 0 radical (unpaired) electrons. The molecule has 1 fully saturated rings. The minimum atomic E-state index is -0.405. The molecular weight excluding hydrogens is 219 g/mol. The van der Waals surface area contributed by atoms with Crippen molar-refractivity contribution in [2.24, 2.45) is 5.92 Å². The topological polar surface area (TPSA) is 56.0 Å². The number of hydrogen-bond donors (Lipinski definition) is 2. The van der Waals surface area contributed by atoms with Crippen molar-refractivity contribution in [2.45, 2.75) is 25.3 Å². The molecule has 0 saturated heterocycles. The van der Waals surface area contributed by atoms with Crippen LogP contribution >= 0.6 is 0 Å². The first-order chi connectivity index (χ1) is 8.24. The van der Waals surface area contributed by atoms with Crippen molar-refractivity contribution >= 4 is 5.69 Å². The molecule has 0 aromatic heterocycles. The Hall–Kier alpha value is -1.60. The number of nitriles is 1. The number of benzene rings is 1. The van der Waals surface area contributed by atoms with Gasteiger partial charge in [0.25, 0.3) is 0 Å². The van der Waals surface area contributed by atoms with Crippen molar-refractivity contribution in [2.75, 3.05) is 11.9 Å². The number of nitrogens with one attached hydrogen (secondary N) is 1. The molecule has 1 aromatic carbocycles. The Morgan fingerprint density at radius 2 is 2.29 bits per heavy atom. The molecule has 2 rings (SSSR count). The highest BCUT2D eigenvalue weighted by atomic mass is 19.1. The van der Waals surface area contributed by atoms with E-state index in [0.717, 1.165) is 19.3 Å². The molecule has 2 atom stereocenters. The number of aliphatic hydroxyl groups excluding tert-OH is 1. The zero-order valence-corrected chi connectivity index (χ0v) is 9.49. The highest BCUT2D eigenvalue weighted by Crippen LogP contribution is 2.29. The van der Waals surface area contributed by atoms with Crippen molar-refractivity contribution in [1.29, 1.82) is 5.26 Å². The lowest BCUT2D eigenvalue weighted by Crippen LogP contribution is -2.26. The zero-order valence-electron chi connectivity index (χ0n) is 9.49. The Labute approximate surface area is 99.9 Å². The van der Waals surface area contributed by atoms with E-state index in [0.29, 0.717) is 11.3 Å². The van der Waals surface area contributed by atoms with Crippen LogP contribution in [0.15, 0.2) is 18.2 Å². The summed E-state index contributed by atoms with van der Waals surface area (Å²) >= 11 is 0. The third-order valence-electron chi connectivity index (χ3n) is 3.34. The summed E-state index contributed by atoms with van der Waals surface area (Å²) in [5.74, 6) is -0.177. The van der Waals surface area contributed by atoms with E-state index in [-0.39, 0.29) is 18.6 Å². The lowest BCUT2D eigenvalue weighted by Gasteiger charge is -2.20. The van der Waals surface area contributed by atoms with E-state index in [1.165, 1.54) is 12.1 Å². The van der Waals surface area contributed by atoms with Crippen LogP contribution in [0.1, 0.15) is 24.8 Å². The van der Waals surface area contributed by atoms with Gasteiger partial charge in [0.15, 0.2) is 0 Å². The molecular formula is C13H15FN2O. The van der Waals surface area contributed by atoms with Crippen LogP contribution in [-0.2, 0) is 0 Å². The number of anilines is 1. The van der Waals surface area contributed by atoms with E-state index in [1.807, 2.05) is 6.07 Å². The fourth-order valence-electron chi connectivity index (χ4n) is 2.38. The number of rotatable bonds is 3. The van der Waals surface area contributed by atoms with Crippen molar-refractivity contribution < 1.29 is 9.50 Å². The zero-order chi connectivity index (χ0) is 12.3. The van der Waals surface area contributed by atoms with Crippen LogP contribution in [0.25, 0.3) is 0 Å². The summed E-state index contributed by atoms with van der Waals surface area (Å²) in [5, 5.41) is 21.4. The number of aliphatic hydroxyl groups is 1. The van der Waals surface area contributed by atoms with Gasteiger partial charge in [0.2, 0.25) is 0 Å². The van der Waals surface area contributed by atoms with Crippen LogP contribution in [0, 0.1) is 23.1 Å². The highest BCUT2D eigenvalue weighted by molar-refractivity contribution is 5.58. The normalized spacial score (nSPS) is 23.4. The van der Waals surface area contributed by atoms with Gasteiger partial charge in [-0.1, -0.05) is 6.42 Å². The maximum absolute atomic E-state index is 13.0. The Morgan fingerprint density at radius 3 is 3.00 bits per heavy atom. The van der Waals surface area contributed by atoms with Gasteiger partial charge in [0, 0.05) is 18.6 Å². The van der Waals surface area contributed by atoms with Crippen LogP contribution in [0.2, 0.25) is 0 Å². The molecule has 0 spiro atoms. The Kier molecular flexibility index (Phi) is 3.60. The quantitative estimate of drug-likeness (QED) is 0.843. The Balaban J connectivity index is 2.16. The van der Waals surface area contributed by atoms with Gasteiger partial charge < -0.3 is 10.4 Å². The molecule has 1 aliphatic carbocycles. The minimum Gasteiger partial charge on any atom is -0.396 e. The summed E-state index contributed by atoms with van der Waals surface area (Å²) in [5.41, 5.74) is 0.966. The van der Waals surface area contributed by atoms with Crippen molar-refractivity contribution in [3.05, 3.63) is 29.6 Å². The maximum atomic E-state index is 13.0. The van der Waals surface area contributed by atoms with Gasteiger partial charge >= 0.3 is 0 Å². The predicted molar refractivity (Wildman–Crippen MR) is 63.0 cm³/mol. The third-order valence-corrected chi connectivity index (χ3v) is 3.34. The smallest absolute Gasteiger partial charge is 0.124 e. The first-order valence-corrected chi connectivity index (χ1v) is 5.81. The lowest BCUT2D eigenvalue weighted by molar-refractivity contribution is 0.222. The largest absolute Gasteiger partial charge is 0.396 e. The Morgan fingerprint density at radius 1 is 1.47 bits per heavy atom. The van der Waals surface area contributed by atoms with Gasteiger partial charge in [0.05, 0.1) is 11.3 Å². The van der Waals surface area contributed by atoms with Crippen LogP contribution in [0.5, 0.6) is 0 Å². The number of halogens is 1. The summed E-state index contributed by atoms with van der Waals surface area (Å²) in [6.45, 7) is 0.154. The van der Waals surface area contributed by atoms with Gasteiger partial charge in [-0.15, -0.1) is 0 Å². The van der Waals surface area contributed by atoms with Crippen LogP contribution < -0.4 is 5.32 Å². The molecule has 0 amide bonds. The summed E-state index contributed by atoms with van der Waals surface area (Å²) in [6, 6.07) is 6.31. The summed E-state index contributed by atoms with van der Waals surface area (Å²) in [6.07, 6.45) is 3.05. The van der Waals surface area contributed by atoms with E-state index in [9.17, 15) is 9.50 Å². The minimum absolute atomic E-state index is 0.154. The van der Waals surface area contributed by atoms with Crippen LogP contribution in [0.4, 0.5) is 10.1 Å². The molecule has 1 aliphatic rings. The average Bonchev–Trinajstić information content (AvgIpc) is 2.78. The molecule has 2 unspecified atom stereocenters. The first-order valence-electron chi connectivity index (χ1n) is 5.81. The standard InChI is InChI=1S/C13H15FN2O/c14-11-4-5-13(10(6-11)7-15)16-12-3-1-2-9(12)8-17/h4-6,9,12,16-17H,1-3,8H2. The molecule has 1 saturated carbocycles. The molecule has 4 heteroatoms. The van der Waals surface area contributed by atoms with E-state index < -0.39 is 5.82 Å². The maximum Gasteiger partial charge on any atom is 0.124 e. The monoisotopic (exact) mass is 234 g/mol. The highest BCUT2D eigenvalue weighted by Gasteiger charge is 2.26. The van der Waals surface area contributed by atoms with Crippen molar-refractivity contribution in [3.63, 3.8) is 0 Å². The molecule has 2 N–H and O–H groups in total. The molecule has 0 bridgehead atoms. The number of hydrogen-bond acceptors (Lipinski definition) is 3. The van der Waals surface area contributed by atoms with E-state index in [2.05, 4.69) is 5.32 Å². The van der Waals surface area contributed by atoms with Gasteiger partial charge in [-0.05, 0) is 31.0 Å². The summed E-state index contributed by atoms with van der Waals surface area (Å²) in [7, 11) is 0. The fraction of sp³-hybridized carbons (Fsp3) is 0.462. The Bertz CT molecular complexity index is 442. The third kappa shape index (κ3) is 2.56. The molecule has 90 valence electrons. The van der Waals surface area contributed by atoms with E-state index >= 15 is 0 Å². The summed E-state index contributed by atoms with van der Waals surface area (Å²) in [4.78, 5) is 0.